The van der Waals surface area contributed by atoms with Crippen LogP contribution in [0.3, 0.4) is 0 Å². The molecule has 0 spiro atoms. The lowest BCUT2D eigenvalue weighted by atomic mass is 10.2. The summed E-state index contributed by atoms with van der Waals surface area (Å²) in [5.74, 6) is 1.73. The van der Waals surface area contributed by atoms with E-state index in [1.54, 1.807) is 0 Å². The second-order valence-corrected chi connectivity index (χ2v) is 7.04. The van der Waals surface area contributed by atoms with Gasteiger partial charge in [0.05, 0.1) is 11.6 Å². The Kier molecular flexibility index (Phi) is 8.44. The van der Waals surface area contributed by atoms with Crippen LogP contribution in [0.15, 0.2) is 34.7 Å². The number of ether oxygens (including phenoxy) is 1. The molecule has 0 aliphatic rings. The summed E-state index contributed by atoms with van der Waals surface area (Å²) in [6, 6.07) is 9.93. The van der Waals surface area contributed by atoms with Crippen LogP contribution in [0, 0.1) is 3.57 Å². The highest BCUT2D eigenvalue weighted by Gasteiger charge is 2.08. The smallest absolute Gasteiger partial charge is 0.135 e. The Labute approximate surface area is 156 Å². The number of furan rings is 1. The van der Waals surface area contributed by atoms with E-state index in [0.717, 1.165) is 64.8 Å². The van der Waals surface area contributed by atoms with E-state index >= 15 is 0 Å². The third-order valence-electron chi connectivity index (χ3n) is 3.44. The Morgan fingerprint density at radius 3 is 2.78 bits per heavy atom. The molecule has 0 fully saturated rings. The molecule has 0 saturated carbocycles. The summed E-state index contributed by atoms with van der Waals surface area (Å²) in [5, 5.41) is 4.09. The molecule has 0 saturated heterocycles. The van der Waals surface area contributed by atoms with Gasteiger partial charge in [0, 0.05) is 22.3 Å². The third-order valence-corrected chi connectivity index (χ3v) is 4.43. The van der Waals surface area contributed by atoms with Crippen LogP contribution in [0.4, 0.5) is 0 Å². The summed E-state index contributed by atoms with van der Waals surface area (Å²) in [6.07, 6.45) is 3.34. The van der Waals surface area contributed by atoms with Crippen molar-refractivity contribution in [2.45, 2.75) is 32.7 Å². The van der Waals surface area contributed by atoms with Crippen LogP contribution in [0.5, 0.6) is 0 Å². The zero-order valence-electron chi connectivity index (χ0n) is 13.4. The van der Waals surface area contributed by atoms with Crippen LogP contribution in [0.1, 0.15) is 31.9 Å². The Bertz CT molecular complexity index is 600. The first-order valence-corrected chi connectivity index (χ1v) is 9.49. The maximum Gasteiger partial charge on any atom is 0.135 e. The number of hydrogen-bond donors (Lipinski definition) is 1. The predicted molar refractivity (Wildman–Crippen MR) is 104 cm³/mol. The number of halogens is 2. The summed E-state index contributed by atoms with van der Waals surface area (Å²) < 4.78 is 12.5. The van der Waals surface area contributed by atoms with Crippen molar-refractivity contribution in [1.82, 2.24) is 5.32 Å². The van der Waals surface area contributed by atoms with Gasteiger partial charge in [0.1, 0.15) is 11.5 Å². The molecule has 3 nitrogen and oxygen atoms in total. The fourth-order valence-corrected chi connectivity index (χ4v) is 3.12. The quantitative estimate of drug-likeness (QED) is 0.386. The lowest BCUT2D eigenvalue weighted by Crippen LogP contribution is -2.16. The van der Waals surface area contributed by atoms with Gasteiger partial charge in [-0.05, 0) is 72.3 Å². The summed E-state index contributed by atoms with van der Waals surface area (Å²) >= 11 is 8.52. The van der Waals surface area contributed by atoms with E-state index in [9.17, 15) is 0 Å². The fraction of sp³-hybridized carbons (Fsp3) is 0.444. The van der Waals surface area contributed by atoms with Gasteiger partial charge in [-0.15, -0.1) is 0 Å². The lowest BCUT2D eigenvalue weighted by molar-refractivity contribution is 0.128. The molecule has 1 aromatic heterocycles. The van der Waals surface area contributed by atoms with E-state index in [1.807, 2.05) is 30.3 Å². The zero-order valence-corrected chi connectivity index (χ0v) is 16.3. The highest BCUT2D eigenvalue weighted by Crippen LogP contribution is 2.30. The Morgan fingerprint density at radius 1 is 1.17 bits per heavy atom. The second-order valence-electron chi connectivity index (χ2n) is 5.39. The van der Waals surface area contributed by atoms with Crippen LogP contribution in [-0.2, 0) is 11.3 Å². The highest BCUT2D eigenvalue weighted by molar-refractivity contribution is 14.1. The SMILES string of the molecule is CCCCOCCCNCc1ccc(-c2ccc(I)cc2Cl)o1. The van der Waals surface area contributed by atoms with Gasteiger partial charge in [-0.3, -0.25) is 0 Å². The molecule has 0 aliphatic carbocycles. The van der Waals surface area contributed by atoms with Crippen molar-refractivity contribution in [3.8, 4) is 11.3 Å². The van der Waals surface area contributed by atoms with Crippen LogP contribution in [-0.4, -0.2) is 19.8 Å². The van der Waals surface area contributed by atoms with E-state index in [4.69, 9.17) is 20.8 Å². The van der Waals surface area contributed by atoms with Crippen molar-refractivity contribution in [1.29, 1.82) is 0 Å². The topological polar surface area (TPSA) is 34.4 Å². The van der Waals surface area contributed by atoms with Gasteiger partial charge in [0.25, 0.3) is 0 Å². The highest BCUT2D eigenvalue weighted by atomic mass is 127. The second kappa shape index (κ2) is 10.3. The number of rotatable bonds is 10. The molecule has 0 bridgehead atoms. The van der Waals surface area contributed by atoms with Crippen LogP contribution in [0.25, 0.3) is 11.3 Å². The van der Waals surface area contributed by atoms with Gasteiger partial charge >= 0.3 is 0 Å². The minimum atomic E-state index is 0.718. The first-order valence-electron chi connectivity index (χ1n) is 8.03. The van der Waals surface area contributed by atoms with Gasteiger partial charge in [0.2, 0.25) is 0 Å². The van der Waals surface area contributed by atoms with Gasteiger partial charge in [-0.25, -0.2) is 0 Å². The van der Waals surface area contributed by atoms with Crippen molar-refractivity contribution in [3.05, 3.63) is 44.7 Å². The Balaban J connectivity index is 1.73. The monoisotopic (exact) mass is 447 g/mol. The van der Waals surface area contributed by atoms with Gasteiger partial charge in [-0.2, -0.15) is 0 Å². The molecule has 1 N–H and O–H groups in total. The van der Waals surface area contributed by atoms with Crippen molar-refractivity contribution in [2.75, 3.05) is 19.8 Å². The largest absolute Gasteiger partial charge is 0.460 e. The first-order chi connectivity index (χ1) is 11.2. The van der Waals surface area contributed by atoms with Gasteiger partial charge < -0.3 is 14.5 Å². The fourth-order valence-electron chi connectivity index (χ4n) is 2.17. The molecule has 126 valence electrons. The molecular formula is C18H23ClINO2. The summed E-state index contributed by atoms with van der Waals surface area (Å²) in [5.41, 5.74) is 0.933. The van der Waals surface area contributed by atoms with E-state index in [-0.39, 0.29) is 0 Å². The van der Waals surface area contributed by atoms with E-state index in [2.05, 4.69) is 34.8 Å². The van der Waals surface area contributed by atoms with Crippen molar-refractivity contribution >= 4 is 34.2 Å². The van der Waals surface area contributed by atoms with E-state index in [0.29, 0.717) is 0 Å². The molecule has 1 aromatic carbocycles. The van der Waals surface area contributed by atoms with Crippen LogP contribution >= 0.6 is 34.2 Å². The lowest BCUT2D eigenvalue weighted by Gasteiger charge is -2.05. The molecule has 1 heterocycles. The minimum Gasteiger partial charge on any atom is -0.460 e. The summed E-state index contributed by atoms with van der Waals surface area (Å²) in [7, 11) is 0. The summed E-state index contributed by atoms with van der Waals surface area (Å²) in [4.78, 5) is 0. The predicted octanol–water partition coefficient (Wildman–Crippen LogP) is 5.50. The maximum atomic E-state index is 6.28. The third kappa shape index (κ3) is 6.45. The van der Waals surface area contributed by atoms with Crippen molar-refractivity contribution in [3.63, 3.8) is 0 Å². The Morgan fingerprint density at radius 2 is 2.00 bits per heavy atom. The number of nitrogens with one attached hydrogen (secondary N) is 1. The van der Waals surface area contributed by atoms with Gasteiger partial charge in [0.15, 0.2) is 0 Å². The Hall–Kier alpha value is -0.560. The average Bonchev–Trinajstić information content (AvgIpc) is 2.98. The molecule has 0 aliphatic heterocycles. The molecule has 0 atom stereocenters. The van der Waals surface area contributed by atoms with E-state index < -0.39 is 0 Å². The number of unbranched alkanes of at least 4 members (excludes halogenated alkanes) is 1. The van der Waals surface area contributed by atoms with Gasteiger partial charge in [-0.1, -0.05) is 24.9 Å². The standard InChI is InChI=1S/C18H23ClINO2/c1-2-3-10-22-11-4-9-21-13-15-6-8-18(23-15)16-7-5-14(20)12-17(16)19/h5-8,12,21H,2-4,9-11,13H2,1H3. The summed E-state index contributed by atoms with van der Waals surface area (Å²) in [6.45, 7) is 5.50. The molecule has 5 heteroatoms. The number of benzene rings is 1. The number of hydrogen-bond acceptors (Lipinski definition) is 3. The van der Waals surface area contributed by atoms with Crippen LogP contribution in [0.2, 0.25) is 5.02 Å². The normalized spacial score (nSPS) is 11.1. The van der Waals surface area contributed by atoms with Crippen molar-refractivity contribution < 1.29 is 9.15 Å². The molecule has 23 heavy (non-hydrogen) atoms. The molecular weight excluding hydrogens is 425 g/mol. The molecule has 2 rings (SSSR count). The van der Waals surface area contributed by atoms with Crippen molar-refractivity contribution in [2.24, 2.45) is 0 Å². The molecule has 0 radical (unpaired) electrons. The zero-order chi connectivity index (χ0) is 16.5. The van der Waals surface area contributed by atoms with Crippen LogP contribution < -0.4 is 5.32 Å². The minimum absolute atomic E-state index is 0.718. The molecule has 0 amide bonds. The average molecular weight is 448 g/mol. The van der Waals surface area contributed by atoms with E-state index in [1.165, 1.54) is 6.42 Å². The molecule has 0 unspecified atom stereocenters. The molecule has 2 aromatic rings. The first kappa shape index (κ1) is 18.8. The maximum absolute atomic E-state index is 6.28.